The molecular weight excluding hydrogens is 438 g/mol. The fourth-order valence-electron chi connectivity index (χ4n) is 2.91. The average Bonchev–Trinajstić information content (AvgIpc) is 2.79. The minimum atomic E-state index is -0.966. The fourth-order valence-corrected chi connectivity index (χ4v) is 3.14. The molecule has 0 heterocycles. The lowest BCUT2D eigenvalue weighted by Gasteiger charge is -2.21. The number of benzene rings is 2. The summed E-state index contributed by atoms with van der Waals surface area (Å²) in [4.78, 5) is 37.8. The van der Waals surface area contributed by atoms with E-state index in [1.165, 1.54) is 33.5 Å². The first-order valence-electron chi connectivity index (χ1n) is 9.78. The second-order valence-electron chi connectivity index (χ2n) is 7.12. The Hall–Kier alpha value is -3.26. The zero-order chi connectivity index (χ0) is 23.8. The number of Topliss-reactive ketones (excluding diaryl/α,β-unsaturated/α-hetero) is 1. The van der Waals surface area contributed by atoms with E-state index < -0.39 is 30.3 Å². The van der Waals surface area contributed by atoms with Gasteiger partial charge < -0.3 is 24.3 Å². The first-order chi connectivity index (χ1) is 15.2. The summed E-state index contributed by atoms with van der Waals surface area (Å²) < 4.78 is 20.9. The van der Waals surface area contributed by atoms with E-state index in [2.05, 4.69) is 5.32 Å². The van der Waals surface area contributed by atoms with Crippen LogP contribution in [0.15, 0.2) is 36.4 Å². The van der Waals surface area contributed by atoms with Gasteiger partial charge in [0, 0.05) is 5.56 Å². The van der Waals surface area contributed by atoms with Crippen LogP contribution in [0.2, 0.25) is 5.02 Å². The van der Waals surface area contributed by atoms with E-state index in [1.54, 1.807) is 38.1 Å². The SMILES string of the molecule is COc1cc(C(=O)COC(=O)[C@@H](NC(=O)c2ccccc2Cl)C(C)C)cc(OC)c1OC. The van der Waals surface area contributed by atoms with Crippen LogP contribution < -0.4 is 19.5 Å². The van der Waals surface area contributed by atoms with Crippen LogP contribution in [0, 0.1) is 5.92 Å². The molecule has 0 fully saturated rings. The third-order valence-electron chi connectivity index (χ3n) is 4.66. The number of esters is 1. The molecule has 2 aromatic carbocycles. The van der Waals surface area contributed by atoms with Crippen molar-refractivity contribution in [1.29, 1.82) is 0 Å². The van der Waals surface area contributed by atoms with Crippen LogP contribution in [0.4, 0.5) is 0 Å². The van der Waals surface area contributed by atoms with E-state index in [9.17, 15) is 14.4 Å². The summed E-state index contributed by atoms with van der Waals surface area (Å²) >= 11 is 6.05. The predicted octanol–water partition coefficient (Wildman–Crippen LogP) is 3.55. The Morgan fingerprint density at radius 1 is 0.969 bits per heavy atom. The molecule has 0 radical (unpaired) electrons. The quantitative estimate of drug-likeness (QED) is 0.424. The van der Waals surface area contributed by atoms with Crippen LogP contribution in [0.25, 0.3) is 0 Å². The number of methoxy groups -OCH3 is 3. The van der Waals surface area contributed by atoms with E-state index in [0.717, 1.165) is 0 Å². The van der Waals surface area contributed by atoms with Crippen molar-refractivity contribution >= 4 is 29.3 Å². The van der Waals surface area contributed by atoms with E-state index >= 15 is 0 Å². The molecule has 0 aromatic heterocycles. The van der Waals surface area contributed by atoms with Gasteiger partial charge >= 0.3 is 5.97 Å². The number of ether oxygens (including phenoxy) is 4. The van der Waals surface area contributed by atoms with Gasteiger partial charge in [-0.05, 0) is 30.2 Å². The largest absolute Gasteiger partial charge is 0.493 e. The number of hydrogen-bond acceptors (Lipinski definition) is 7. The molecular formula is C23H26ClNO7. The number of nitrogens with one attached hydrogen (secondary N) is 1. The maximum absolute atomic E-state index is 12.6. The molecule has 9 heteroatoms. The predicted molar refractivity (Wildman–Crippen MR) is 119 cm³/mol. The molecule has 0 aliphatic carbocycles. The minimum absolute atomic E-state index is 0.216. The van der Waals surface area contributed by atoms with Gasteiger partial charge in [0.05, 0.1) is 31.9 Å². The Morgan fingerprint density at radius 2 is 1.56 bits per heavy atom. The third-order valence-corrected chi connectivity index (χ3v) is 4.99. The first-order valence-corrected chi connectivity index (χ1v) is 10.2. The molecule has 1 N–H and O–H groups in total. The molecule has 0 spiro atoms. The molecule has 0 aliphatic heterocycles. The van der Waals surface area contributed by atoms with Crippen molar-refractivity contribution in [3.05, 3.63) is 52.5 Å². The van der Waals surface area contributed by atoms with E-state index in [4.69, 9.17) is 30.5 Å². The number of ketones is 1. The van der Waals surface area contributed by atoms with E-state index in [1.807, 2.05) is 0 Å². The van der Waals surface area contributed by atoms with Crippen LogP contribution in [-0.4, -0.2) is 51.6 Å². The Balaban J connectivity index is 2.11. The smallest absolute Gasteiger partial charge is 0.329 e. The second-order valence-corrected chi connectivity index (χ2v) is 7.53. The van der Waals surface area contributed by atoms with Crippen molar-refractivity contribution in [1.82, 2.24) is 5.32 Å². The van der Waals surface area contributed by atoms with Gasteiger partial charge in [-0.3, -0.25) is 9.59 Å². The molecule has 0 saturated heterocycles. The molecule has 172 valence electrons. The highest BCUT2D eigenvalue weighted by atomic mass is 35.5. The molecule has 8 nitrogen and oxygen atoms in total. The third kappa shape index (κ3) is 5.91. The summed E-state index contributed by atoms with van der Waals surface area (Å²) in [5, 5.41) is 2.89. The zero-order valence-corrected chi connectivity index (χ0v) is 19.3. The summed E-state index contributed by atoms with van der Waals surface area (Å²) in [5.74, 6) is -1.07. The molecule has 32 heavy (non-hydrogen) atoms. The van der Waals surface area contributed by atoms with Crippen molar-refractivity contribution in [2.24, 2.45) is 5.92 Å². The molecule has 1 amide bonds. The monoisotopic (exact) mass is 463 g/mol. The van der Waals surface area contributed by atoms with Gasteiger partial charge in [-0.1, -0.05) is 37.6 Å². The molecule has 0 unspecified atom stereocenters. The van der Waals surface area contributed by atoms with Crippen LogP contribution in [0.3, 0.4) is 0 Å². The summed E-state index contributed by atoms with van der Waals surface area (Å²) in [6.45, 7) is 2.97. The number of rotatable bonds is 10. The molecule has 1 atom stereocenters. The summed E-state index contributed by atoms with van der Waals surface area (Å²) in [7, 11) is 4.31. The maximum Gasteiger partial charge on any atom is 0.329 e. The zero-order valence-electron chi connectivity index (χ0n) is 18.6. The standard InChI is InChI=1S/C23H26ClNO7/c1-13(2)20(25-22(27)15-8-6-7-9-16(15)24)23(28)32-12-17(26)14-10-18(29-3)21(31-5)19(11-14)30-4/h6-11,13,20H,12H2,1-5H3,(H,25,27)/t20-/m0/s1. The van der Waals surface area contributed by atoms with Crippen molar-refractivity contribution < 1.29 is 33.3 Å². The molecule has 0 aliphatic rings. The summed E-state index contributed by atoms with van der Waals surface area (Å²) in [6, 6.07) is 8.46. The topological polar surface area (TPSA) is 100 Å². The second kappa shape index (κ2) is 11.4. The number of hydrogen-bond donors (Lipinski definition) is 1. The van der Waals surface area contributed by atoms with Crippen LogP contribution in [-0.2, 0) is 9.53 Å². The van der Waals surface area contributed by atoms with Crippen LogP contribution >= 0.6 is 11.6 Å². The van der Waals surface area contributed by atoms with Gasteiger partial charge in [-0.15, -0.1) is 0 Å². The number of amides is 1. The Morgan fingerprint density at radius 3 is 2.06 bits per heavy atom. The maximum atomic E-state index is 12.6. The Bertz CT molecular complexity index is 965. The summed E-state index contributed by atoms with van der Waals surface area (Å²) in [5.41, 5.74) is 0.453. The number of halogens is 1. The Kier molecular flexibility index (Phi) is 8.90. The van der Waals surface area contributed by atoms with Gasteiger partial charge in [-0.2, -0.15) is 0 Å². The lowest BCUT2D eigenvalue weighted by Crippen LogP contribution is -2.45. The van der Waals surface area contributed by atoms with Crippen LogP contribution in [0.5, 0.6) is 17.2 Å². The molecule has 0 saturated carbocycles. The highest BCUT2D eigenvalue weighted by molar-refractivity contribution is 6.33. The number of carbonyl (C=O) groups is 3. The normalized spacial score (nSPS) is 11.5. The Labute approximate surface area is 191 Å². The van der Waals surface area contributed by atoms with E-state index in [-0.39, 0.29) is 22.1 Å². The van der Waals surface area contributed by atoms with Gasteiger partial charge in [0.1, 0.15) is 6.04 Å². The summed E-state index contributed by atoms with van der Waals surface area (Å²) in [6.07, 6.45) is 0. The number of carbonyl (C=O) groups excluding carboxylic acids is 3. The molecule has 0 bridgehead atoms. The van der Waals surface area contributed by atoms with Gasteiger partial charge in [0.2, 0.25) is 11.5 Å². The average molecular weight is 464 g/mol. The lowest BCUT2D eigenvalue weighted by molar-refractivity contribution is -0.145. The van der Waals surface area contributed by atoms with Crippen molar-refractivity contribution in [2.45, 2.75) is 19.9 Å². The van der Waals surface area contributed by atoms with Gasteiger partial charge in [0.25, 0.3) is 5.91 Å². The minimum Gasteiger partial charge on any atom is -0.493 e. The van der Waals surface area contributed by atoms with Crippen LogP contribution in [0.1, 0.15) is 34.6 Å². The fraction of sp³-hybridized carbons (Fsp3) is 0.348. The van der Waals surface area contributed by atoms with Crippen molar-refractivity contribution in [3.63, 3.8) is 0 Å². The van der Waals surface area contributed by atoms with Gasteiger partial charge in [-0.25, -0.2) is 4.79 Å². The lowest BCUT2D eigenvalue weighted by atomic mass is 10.0. The highest BCUT2D eigenvalue weighted by Crippen LogP contribution is 2.38. The first kappa shape index (κ1) is 25.0. The van der Waals surface area contributed by atoms with Crippen molar-refractivity contribution in [2.75, 3.05) is 27.9 Å². The van der Waals surface area contributed by atoms with Crippen molar-refractivity contribution in [3.8, 4) is 17.2 Å². The molecule has 2 aromatic rings. The molecule has 2 rings (SSSR count). The van der Waals surface area contributed by atoms with E-state index in [0.29, 0.717) is 17.2 Å². The highest BCUT2D eigenvalue weighted by Gasteiger charge is 2.28. The van der Waals surface area contributed by atoms with Gasteiger partial charge in [0.15, 0.2) is 18.1 Å².